The zero-order valence-electron chi connectivity index (χ0n) is 10.3. The molecule has 0 saturated heterocycles. The molecule has 1 aromatic rings. The summed E-state index contributed by atoms with van der Waals surface area (Å²) in [6, 6.07) is 3.84. The van der Waals surface area contributed by atoms with E-state index in [-0.39, 0.29) is 6.04 Å². The van der Waals surface area contributed by atoms with Crippen molar-refractivity contribution in [1.29, 1.82) is 0 Å². The molecule has 0 saturated carbocycles. The lowest BCUT2D eigenvalue weighted by atomic mass is 10.1. The van der Waals surface area contributed by atoms with Gasteiger partial charge in [-0.2, -0.15) is 0 Å². The molecule has 96 valence electrons. The maximum atomic E-state index is 6.07. The fourth-order valence-electron chi connectivity index (χ4n) is 1.52. The van der Waals surface area contributed by atoms with Crippen molar-refractivity contribution in [2.45, 2.75) is 19.5 Å². The van der Waals surface area contributed by atoms with Crippen molar-refractivity contribution in [3.63, 3.8) is 0 Å². The summed E-state index contributed by atoms with van der Waals surface area (Å²) in [7, 11) is 1.61. The van der Waals surface area contributed by atoms with E-state index in [4.69, 9.17) is 27.8 Å². The Labute approximate surface area is 107 Å². The molecule has 0 radical (unpaired) electrons. The van der Waals surface area contributed by atoms with Crippen LogP contribution in [-0.2, 0) is 6.54 Å². The van der Waals surface area contributed by atoms with Gasteiger partial charge in [0, 0.05) is 25.7 Å². The van der Waals surface area contributed by atoms with Crippen molar-refractivity contribution in [2.24, 2.45) is 11.5 Å². The number of hydrogen-bond donors (Lipinski definition) is 3. The van der Waals surface area contributed by atoms with E-state index in [2.05, 4.69) is 5.32 Å². The molecule has 0 fully saturated rings. The van der Waals surface area contributed by atoms with Gasteiger partial charge >= 0.3 is 0 Å². The quantitative estimate of drug-likeness (QED) is 0.712. The van der Waals surface area contributed by atoms with Crippen LogP contribution in [-0.4, -0.2) is 26.2 Å². The number of methoxy groups -OCH3 is 1. The van der Waals surface area contributed by atoms with Gasteiger partial charge in [-0.1, -0.05) is 11.6 Å². The second-order valence-electron chi connectivity index (χ2n) is 4.04. The van der Waals surface area contributed by atoms with Crippen LogP contribution < -0.4 is 21.5 Å². The summed E-state index contributed by atoms with van der Waals surface area (Å²) in [6.45, 7) is 3.93. The largest absolute Gasteiger partial charge is 0.495 e. The smallest absolute Gasteiger partial charge is 0.137 e. The number of ether oxygens (including phenoxy) is 1. The van der Waals surface area contributed by atoms with Gasteiger partial charge in [0.2, 0.25) is 0 Å². The standard InChI is InChI=1S/C12H20ClN3O/c1-8-3-12(17-2)11(13)4-9(8)6-16-7-10(15)5-14/h3-4,10,16H,5-7,14-15H2,1-2H3. The fraction of sp³-hybridized carbons (Fsp3) is 0.500. The molecule has 0 bridgehead atoms. The van der Waals surface area contributed by atoms with Gasteiger partial charge in [-0.3, -0.25) is 0 Å². The van der Waals surface area contributed by atoms with Gasteiger partial charge in [0.1, 0.15) is 5.75 Å². The molecule has 5 heteroatoms. The average Bonchev–Trinajstić information content (AvgIpc) is 2.32. The van der Waals surface area contributed by atoms with E-state index in [0.717, 1.165) is 17.7 Å². The molecule has 0 aliphatic heterocycles. The highest BCUT2D eigenvalue weighted by Gasteiger charge is 2.06. The lowest BCUT2D eigenvalue weighted by Gasteiger charge is -2.13. The third kappa shape index (κ3) is 4.16. The molecule has 1 atom stereocenters. The second-order valence-corrected chi connectivity index (χ2v) is 4.45. The van der Waals surface area contributed by atoms with Gasteiger partial charge in [-0.05, 0) is 30.2 Å². The third-order valence-electron chi connectivity index (χ3n) is 2.64. The van der Waals surface area contributed by atoms with Crippen LogP contribution >= 0.6 is 11.6 Å². The molecular weight excluding hydrogens is 238 g/mol. The molecule has 1 rings (SSSR count). The van der Waals surface area contributed by atoms with Gasteiger partial charge in [0.25, 0.3) is 0 Å². The van der Waals surface area contributed by atoms with Gasteiger partial charge in [-0.25, -0.2) is 0 Å². The fourth-order valence-corrected chi connectivity index (χ4v) is 1.78. The molecule has 17 heavy (non-hydrogen) atoms. The first-order chi connectivity index (χ1) is 8.08. The summed E-state index contributed by atoms with van der Waals surface area (Å²) < 4.78 is 5.15. The van der Waals surface area contributed by atoms with Gasteiger partial charge in [-0.15, -0.1) is 0 Å². The lowest BCUT2D eigenvalue weighted by Crippen LogP contribution is -2.39. The molecule has 0 aliphatic rings. The van der Waals surface area contributed by atoms with Crippen LogP contribution in [0, 0.1) is 6.92 Å². The van der Waals surface area contributed by atoms with Crippen LogP contribution in [0.25, 0.3) is 0 Å². The minimum absolute atomic E-state index is 0.0102. The Morgan fingerprint density at radius 1 is 1.47 bits per heavy atom. The monoisotopic (exact) mass is 257 g/mol. The summed E-state index contributed by atoms with van der Waals surface area (Å²) in [4.78, 5) is 0. The van der Waals surface area contributed by atoms with Crippen LogP contribution in [0.15, 0.2) is 12.1 Å². The SMILES string of the molecule is COc1cc(C)c(CNCC(N)CN)cc1Cl. The maximum absolute atomic E-state index is 6.07. The normalized spacial score (nSPS) is 12.5. The van der Waals surface area contributed by atoms with Gasteiger partial charge in [0.05, 0.1) is 12.1 Å². The Kier molecular flexibility index (Phi) is 5.71. The Morgan fingerprint density at radius 3 is 2.76 bits per heavy atom. The Hall–Kier alpha value is -0.810. The van der Waals surface area contributed by atoms with E-state index in [0.29, 0.717) is 23.9 Å². The first-order valence-electron chi connectivity index (χ1n) is 5.57. The summed E-state index contributed by atoms with van der Waals surface area (Å²) in [5.74, 6) is 0.701. The number of hydrogen-bond acceptors (Lipinski definition) is 4. The molecule has 1 aromatic carbocycles. The first kappa shape index (κ1) is 14.3. The third-order valence-corrected chi connectivity index (χ3v) is 2.93. The number of benzene rings is 1. The molecular formula is C12H20ClN3O. The van der Waals surface area contributed by atoms with Crippen molar-refractivity contribution in [3.05, 3.63) is 28.3 Å². The topological polar surface area (TPSA) is 73.3 Å². The van der Waals surface area contributed by atoms with Crippen LogP contribution in [0.5, 0.6) is 5.75 Å². The van der Waals surface area contributed by atoms with E-state index in [1.54, 1.807) is 7.11 Å². The number of aryl methyl sites for hydroxylation is 1. The van der Waals surface area contributed by atoms with E-state index >= 15 is 0 Å². The minimum Gasteiger partial charge on any atom is -0.495 e. The van der Waals surface area contributed by atoms with Crippen LogP contribution in [0.1, 0.15) is 11.1 Å². The predicted octanol–water partition coefficient (Wildman–Crippen LogP) is 1.03. The second kappa shape index (κ2) is 6.81. The van der Waals surface area contributed by atoms with Crippen LogP contribution in [0.4, 0.5) is 0 Å². The van der Waals surface area contributed by atoms with Crippen molar-refractivity contribution >= 4 is 11.6 Å². The summed E-state index contributed by atoms with van der Waals surface area (Å²) >= 11 is 6.07. The van der Waals surface area contributed by atoms with Crippen LogP contribution in [0.2, 0.25) is 5.02 Å². The van der Waals surface area contributed by atoms with Crippen molar-refractivity contribution in [1.82, 2.24) is 5.32 Å². The molecule has 0 spiro atoms. The van der Waals surface area contributed by atoms with E-state index < -0.39 is 0 Å². The first-order valence-corrected chi connectivity index (χ1v) is 5.95. The van der Waals surface area contributed by atoms with E-state index in [9.17, 15) is 0 Å². The van der Waals surface area contributed by atoms with Crippen LogP contribution in [0.3, 0.4) is 0 Å². The molecule has 5 N–H and O–H groups in total. The molecule has 1 unspecified atom stereocenters. The van der Waals surface area contributed by atoms with E-state index in [1.165, 1.54) is 0 Å². The minimum atomic E-state index is -0.0102. The highest BCUT2D eigenvalue weighted by molar-refractivity contribution is 6.32. The number of rotatable bonds is 6. The molecule has 0 aliphatic carbocycles. The molecule has 0 heterocycles. The highest BCUT2D eigenvalue weighted by Crippen LogP contribution is 2.27. The number of nitrogens with one attached hydrogen (secondary N) is 1. The number of nitrogens with two attached hydrogens (primary N) is 2. The van der Waals surface area contributed by atoms with Gasteiger partial charge in [0.15, 0.2) is 0 Å². The average molecular weight is 258 g/mol. The Bertz CT molecular complexity index is 371. The van der Waals surface area contributed by atoms with Crippen molar-refractivity contribution < 1.29 is 4.74 Å². The van der Waals surface area contributed by atoms with E-state index in [1.807, 2.05) is 19.1 Å². The predicted molar refractivity (Wildman–Crippen MR) is 71.5 cm³/mol. The van der Waals surface area contributed by atoms with Gasteiger partial charge < -0.3 is 21.5 Å². The van der Waals surface area contributed by atoms with Crippen molar-refractivity contribution in [2.75, 3.05) is 20.2 Å². The summed E-state index contributed by atoms with van der Waals surface area (Å²) in [5.41, 5.74) is 13.4. The Morgan fingerprint density at radius 2 is 2.18 bits per heavy atom. The highest BCUT2D eigenvalue weighted by atomic mass is 35.5. The number of halogens is 1. The summed E-state index contributed by atoms with van der Waals surface area (Å²) in [6.07, 6.45) is 0. The Balaban J connectivity index is 2.62. The van der Waals surface area contributed by atoms with Crippen molar-refractivity contribution in [3.8, 4) is 5.75 Å². The zero-order chi connectivity index (χ0) is 12.8. The molecule has 4 nitrogen and oxygen atoms in total. The molecule has 0 amide bonds. The lowest BCUT2D eigenvalue weighted by molar-refractivity contribution is 0.414. The zero-order valence-corrected chi connectivity index (χ0v) is 11.1. The molecule has 0 aromatic heterocycles. The maximum Gasteiger partial charge on any atom is 0.137 e. The summed E-state index contributed by atoms with van der Waals surface area (Å²) in [5, 5.41) is 3.88.